The molecule has 0 aliphatic carbocycles. The molecule has 1 unspecified atom stereocenters. The Morgan fingerprint density at radius 1 is 1.29 bits per heavy atom. The number of nitrogens with one attached hydrogen (secondary N) is 1. The number of aromatic nitrogens is 1. The van der Waals surface area contributed by atoms with E-state index >= 15 is 0 Å². The first-order valence-electron chi connectivity index (χ1n) is 8.62. The van der Waals surface area contributed by atoms with Crippen LogP contribution in [0.5, 0.6) is 0 Å². The van der Waals surface area contributed by atoms with Gasteiger partial charge in [-0.05, 0) is 36.3 Å². The van der Waals surface area contributed by atoms with E-state index in [-0.39, 0.29) is 24.2 Å². The van der Waals surface area contributed by atoms with Crippen LogP contribution in [0.2, 0.25) is 0 Å². The lowest BCUT2D eigenvalue weighted by molar-refractivity contribution is -0.137. The summed E-state index contributed by atoms with van der Waals surface area (Å²) in [5.41, 5.74) is -0.265. The molecule has 5 nitrogen and oxygen atoms in total. The molecule has 28 heavy (non-hydrogen) atoms. The summed E-state index contributed by atoms with van der Waals surface area (Å²) < 4.78 is 43.4. The third-order valence-corrected chi connectivity index (χ3v) is 4.05. The molecule has 1 saturated heterocycles. The second-order valence-corrected chi connectivity index (χ2v) is 6.14. The first-order valence-corrected chi connectivity index (χ1v) is 8.62. The predicted octanol–water partition coefficient (Wildman–Crippen LogP) is 3.38. The number of hydrogen-bond donors (Lipinski definition) is 1. The number of amides is 1. The fourth-order valence-electron chi connectivity index (χ4n) is 2.62. The molecule has 3 rings (SSSR count). The number of halogens is 3. The first kappa shape index (κ1) is 21.4. The Balaban J connectivity index is 0.000000336. The van der Waals surface area contributed by atoms with Gasteiger partial charge in [0.1, 0.15) is 0 Å². The lowest BCUT2D eigenvalue weighted by Gasteiger charge is -2.15. The van der Waals surface area contributed by atoms with Crippen LogP contribution < -0.4 is 5.56 Å². The van der Waals surface area contributed by atoms with Crippen LogP contribution in [0.15, 0.2) is 66.1 Å². The molecule has 1 aliphatic heterocycles. The minimum atomic E-state index is -4.35. The molecule has 1 aliphatic rings. The molecule has 1 N–H and O–H groups in total. The zero-order valence-corrected chi connectivity index (χ0v) is 15.1. The molecule has 1 atom stereocenters. The summed E-state index contributed by atoms with van der Waals surface area (Å²) in [7, 11) is 0. The SMILES string of the molecule is C=CC(=O)N1CCC(OCc2cccc(C(F)(F)F)c2)C1.O=c1cccc[nH]1. The first-order chi connectivity index (χ1) is 13.3. The maximum atomic E-state index is 12.6. The van der Waals surface area contributed by atoms with Crippen molar-refractivity contribution >= 4 is 5.91 Å². The van der Waals surface area contributed by atoms with Crippen molar-refractivity contribution in [3.63, 3.8) is 0 Å². The second-order valence-electron chi connectivity index (χ2n) is 6.14. The fourth-order valence-corrected chi connectivity index (χ4v) is 2.62. The van der Waals surface area contributed by atoms with Crippen molar-refractivity contribution in [3.05, 3.63) is 82.8 Å². The molecule has 2 heterocycles. The van der Waals surface area contributed by atoms with Gasteiger partial charge in [-0.1, -0.05) is 24.8 Å². The number of aromatic amines is 1. The Bertz CT molecular complexity index is 831. The summed E-state index contributed by atoms with van der Waals surface area (Å²) in [6, 6.07) is 10.0. The number of alkyl halides is 3. The summed E-state index contributed by atoms with van der Waals surface area (Å²) in [4.78, 5) is 25.7. The van der Waals surface area contributed by atoms with Crippen molar-refractivity contribution < 1.29 is 22.7 Å². The van der Waals surface area contributed by atoms with Gasteiger partial charge in [0.25, 0.3) is 0 Å². The van der Waals surface area contributed by atoms with Crippen LogP contribution in [0.1, 0.15) is 17.5 Å². The smallest absolute Gasteiger partial charge is 0.372 e. The molecule has 2 aromatic rings. The molecule has 1 aromatic carbocycles. The van der Waals surface area contributed by atoms with Gasteiger partial charge in [0.15, 0.2) is 0 Å². The van der Waals surface area contributed by atoms with Gasteiger partial charge in [0.05, 0.1) is 18.3 Å². The van der Waals surface area contributed by atoms with Gasteiger partial charge >= 0.3 is 6.18 Å². The number of hydrogen-bond acceptors (Lipinski definition) is 3. The molecule has 0 saturated carbocycles. The molecule has 8 heteroatoms. The predicted molar refractivity (Wildman–Crippen MR) is 98.5 cm³/mol. The van der Waals surface area contributed by atoms with Crippen LogP contribution in [0, 0.1) is 0 Å². The highest BCUT2D eigenvalue weighted by atomic mass is 19.4. The second kappa shape index (κ2) is 9.89. The van der Waals surface area contributed by atoms with E-state index in [1.54, 1.807) is 29.3 Å². The Morgan fingerprint density at radius 2 is 2.07 bits per heavy atom. The molecule has 0 spiro atoms. The van der Waals surface area contributed by atoms with Crippen molar-refractivity contribution in [3.8, 4) is 0 Å². The zero-order valence-electron chi connectivity index (χ0n) is 15.1. The van der Waals surface area contributed by atoms with E-state index in [0.717, 1.165) is 12.1 Å². The minimum Gasteiger partial charge on any atom is -0.372 e. The Labute approximate surface area is 160 Å². The third-order valence-electron chi connectivity index (χ3n) is 4.05. The molecular formula is C20H21F3N2O3. The van der Waals surface area contributed by atoms with Crippen LogP contribution in [-0.2, 0) is 22.3 Å². The number of H-pyrrole nitrogens is 1. The van der Waals surface area contributed by atoms with Crippen molar-refractivity contribution in [1.29, 1.82) is 0 Å². The number of pyridine rings is 1. The standard InChI is InChI=1S/C15H16F3NO2.C5H5NO/c1-2-14(20)19-7-6-13(9-19)21-10-11-4-3-5-12(8-11)15(16,17)18;7-5-3-1-2-4-6-5/h2-5,8,13H,1,6-7,9-10H2;1-4H,(H,6,7). The summed E-state index contributed by atoms with van der Waals surface area (Å²) in [6.07, 6.45) is -0.976. The van der Waals surface area contributed by atoms with Crippen LogP contribution >= 0.6 is 0 Å². The van der Waals surface area contributed by atoms with Crippen molar-refractivity contribution in [2.75, 3.05) is 13.1 Å². The van der Waals surface area contributed by atoms with E-state index in [9.17, 15) is 22.8 Å². The average Bonchev–Trinajstić information content (AvgIpc) is 3.15. The van der Waals surface area contributed by atoms with Crippen LogP contribution in [0.4, 0.5) is 13.2 Å². The average molecular weight is 394 g/mol. The van der Waals surface area contributed by atoms with Gasteiger partial charge in [-0.3, -0.25) is 9.59 Å². The number of rotatable bonds is 4. The summed E-state index contributed by atoms with van der Waals surface area (Å²) in [6.45, 7) is 4.55. The lowest BCUT2D eigenvalue weighted by atomic mass is 10.1. The molecule has 1 amide bonds. The maximum Gasteiger partial charge on any atom is 0.416 e. The van der Waals surface area contributed by atoms with Gasteiger partial charge in [-0.15, -0.1) is 0 Å². The van der Waals surface area contributed by atoms with E-state index in [4.69, 9.17) is 4.74 Å². The van der Waals surface area contributed by atoms with E-state index in [1.165, 1.54) is 18.2 Å². The number of likely N-dealkylation sites (tertiary alicyclic amines) is 1. The zero-order chi connectivity index (χ0) is 20.6. The molecule has 1 aromatic heterocycles. The number of carbonyl (C=O) groups is 1. The highest BCUT2D eigenvalue weighted by Crippen LogP contribution is 2.29. The Morgan fingerprint density at radius 3 is 2.64 bits per heavy atom. The Kier molecular flexibility index (Phi) is 7.57. The van der Waals surface area contributed by atoms with E-state index in [1.807, 2.05) is 0 Å². The van der Waals surface area contributed by atoms with Gasteiger partial charge in [0.2, 0.25) is 11.5 Å². The van der Waals surface area contributed by atoms with Crippen LogP contribution in [0.25, 0.3) is 0 Å². The monoisotopic (exact) mass is 394 g/mol. The quantitative estimate of drug-likeness (QED) is 0.809. The normalized spacial score (nSPS) is 16.2. The fraction of sp³-hybridized carbons (Fsp3) is 0.300. The van der Waals surface area contributed by atoms with Crippen molar-refractivity contribution in [2.45, 2.75) is 25.3 Å². The largest absolute Gasteiger partial charge is 0.416 e. The lowest BCUT2D eigenvalue weighted by Crippen LogP contribution is -2.28. The minimum absolute atomic E-state index is 0.0532. The van der Waals surface area contributed by atoms with Crippen LogP contribution in [-0.4, -0.2) is 35.0 Å². The van der Waals surface area contributed by atoms with E-state index < -0.39 is 11.7 Å². The summed E-state index contributed by atoms with van der Waals surface area (Å²) in [5.74, 6) is -0.153. The highest BCUT2D eigenvalue weighted by molar-refractivity contribution is 5.87. The van der Waals surface area contributed by atoms with Gasteiger partial charge in [-0.25, -0.2) is 0 Å². The van der Waals surface area contributed by atoms with Crippen molar-refractivity contribution in [2.24, 2.45) is 0 Å². The summed E-state index contributed by atoms with van der Waals surface area (Å²) in [5, 5.41) is 0. The Hall–Kier alpha value is -2.87. The summed E-state index contributed by atoms with van der Waals surface area (Å²) >= 11 is 0. The number of ether oxygens (including phenoxy) is 1. The highest BCUT2D eigenvalue weighted by Gasteiger charge is 2.30. The van der Waals surface area contributed by atoms with E-state index in [2.05, 4.69) is 11.6 Å². The molecular weight excluding hydrogens is 373 g/mol. The molecule has 1 fully saturated rings. The van der Waals surface area contributed by atoms with Gasteiger partial charge in [0, 0.05) is 25.4 Å². The molecule has 150 valence electrons. The van der Waals surface area contributed by atoms with Crippen molar-refractivity contribution in [1.82, 2.24) is 9.88 Å². The van der Waals surface area contributed by atoms with E-state index in [0.29, 0.717) is 25.1 Å². The third kappa shape index (κ3) is 6.70. The molecule has 0 bridgehead atoms. The number of carbonyl (C=O) groups excluding carboxylic acids is 1. The van der Waals surface area contributed by atoms with Crippen LogP contribution in [0.3, 0.4) is 0 Å². The van der Waals surface area contributed by atoms with Gasteiger partial charge in [-0.2, -0.15) is 13.2 Å². The maximum absolute atomic E-state index is 12.6. The topological polar surface area (TPSA) is 62.4 Å². The number of nitrogens with zero attached hydrogens (tertiary/aromatic N) is 1. The molecule has 0 radical (unpaired) electrons. The number of benzene rings is 1. The van der Waals surface area contributed by atoms with Gasteiger partial charge < -0.3 is 14.6 Å².